The zero-order valence-corrected chi connectivity index (χ0v) is 29.3. The van der Waals surface area contributed by atoms with E-state index in [1.165, 1.54) is 24.3 Å². The van der Waals surface area contributed by atoms with Crippen LogP contribution < -0.4 is 20.7 Å². The molecule has 4 N–H and O–H groups in total. The van der Waals surface area contributed by atoms with Crippen molar-refractivity contribution in [2.45, 2.75) is 69.9 Å². The van der Waals surface area contributed by atoms with Gasteiger partial charge >= 0.3 is 5.92 Å². The standard InChI is InChI=1S/C34H45F3N6O6S/c1-4-29(44)38-28(32(46)43-17-15-42(2)16-18-43)20-22-13-14-27(26(35)19-22)39-31(45)30(23-9-6-5-7-10-23)40-33(47)34(36,37)24-11-8-12-25(21-24)41-50(3,48)49/h8,11-14,19,21,23,28,30,41H,4-7,9-10,15-18,20H2,1-3H3,(H,38,44)(H,39,45)(H,40,47)/t28-,30+/m1/s1. The maximum atomic E-state index is 15.5. The Bertz CT molecular complexity index is 1660. The topological polar surface area (TPSA) is 157 Å². The lowest BCUT2D eigenvalue weighted by Crippen LogP contribution is -2.54. The van der Waals surface area contributed by atoms with Gasteiger partial charge in [0.25, 0.3) is 5.91 Å². The van der Waals surface area contributed by atoms with Gasteiger partial charge < -0.3 is 25.8 Å². The Balaban J connectivity index is 1.50. The molecule has 16 heteroatoms. The van der Waals surface area contributed by atoms with Crippen LogP contribution in [0.15, 0.2) is 42.5 Å². The fourth-order valence-corrected chi connectivity index (χ4v) is 6.75. The summed E-state index contributed by atoms with van der Waals surface area (Å²) in [6, 6.07) is 5.81. The minimum atomic E-state index is -4.14. The van der Waals surface area contributed by atoms with Gasteiger partial charge in [-0.25, -0.2) is 12.8 Å². The average molecular weight is 723 g/mol. The van der Waals surface area contributed by atoms with Crippen molar-refractivity contribution in [3.63, 3.8) is 0 Å². The smallest absolute Gasteiger partial charge is 0.344 e. The fourth-order valence-electron chi connectivity index (χ4n) is 6.20. The normalized spacial score (nSPS) is 17.4. The Kier molecular flexibility index (Phi) is 12.9. The third-order valence-electron chi connectivity index (χ3n) is 9.00. The molecule has 1 saturated heterocycles. The van der Waals surface area contributed by atoms with Gasteiger partial charge in [0.15, 0.2) is 0 Å². The SMILES string of the molecule is CCC(=O)N[C@H](Cc1ccc(NC(=O)[C@@H](NC(=O)C(F)(F)c2cccc(NS(C)(=O)=O)c2)C2CCCCC2)c(F)c1)C(=O)N1CCN(C)CC1. The van der Waals surface area contributed by atoms with E-state index in [4.69, 9.17) is 0 Å². The van der Waals surface area contributed by atoms with Crippen LogP contribution in [0, 0.1) is 11.7 Å². The number of hydrogen-bond acceptors (Lipinski definition) is 7. The largest absolute Gasteiger partial charge is 0.349 e. The Morgan fingerprint density at radius 2 is 1.64 bits per heavy atom. The minimum Gasteiger partial charge on any atom is -0.344 e. The lowest BCUT2D eigenvalue weighted by atomic mass is 9.83. The molecule has 2 atom stereocenters. The number of sulfonamides is 1. The zero-order valence-electron chi connectivity index (χ0n) is 28.4. The molecule has 12 nitrogen and oxygen atoms in total. The number of benzene rings is 2. The van der Waals surface area contributed by atoms with Gasteiger partial charge in [0.05, 0.1) is 11.9 Å². The molecule has 2 fully saturated rings. The number of rotatable bonds is 13. The number of piperazine rings is 1. The predicted molar refractivity (Wildman–Crippen MR) is 182 cm³/mol. The van der Waals surface area contributed by atoms with Gasteiger partial charge in [-0.05, 0) is 55.6 Å². The van der Waals surface area contributed by atoms with Gasteiger partial charge in [-0.2, -0.15) is 8.78 Å². The summed E-state index contributed by atoms with van der Waals surface area (Å²) < 4.78 is 71.6. The second kappa shape index (κ2) is 16.7. The highest BCUT2D eigenvalue weighted by atomic mass is 32.2. The number of halogens is 3. The van der Waals surface area contributed by atoms with E-state index in [0.717, 1.165) is 30.9 Å². The van der Waals surface area contributed by atoms with Crippen LogP contribution in [0.3, 0.4) is 0 Å². The summed E-state index contributed by atoms with van der Waals surface area (Å²) in [5.74, 6) is -8.73. The molecule has 2 aliphatic rings. The first-order valence-corrected chi connectivity index (χ1v) is 18.6. The quantitative estimate of drug-likeness (QED) is 0.248. The molecule has 4 rings (SSSR count). The summed E-state index contributed by atoms with van der Waals surface area (Å²) in [6.45, 7) is 4.00. The van der Waals surface area contributed by atoms with E-state index < -0.39 is 57.1 Å². The summed E-state index contributed by atoms with van der Waals surface area (Å²) in [5.41, 5.74) is -0.818. The number of alkyl halides is 2. The van der Waals surface area contributed by atoms with Crippen molar-refractivity contribution in [1.82, 2.24) is 20.4 Å². The molecule has 50 heavy (non-hydrogen) atoms. The van der Waals surface area contributed by atoms with E-state index in [-0.39, 0.29) is 36.0 Å². The second-order valence-electron chi connectivity index (χ2n) is 13.0. The van der Waals surface area contributed by atoms with Gasteiger partial charge in [-0.1, -0.05) is 44.4 Å². The second-order valence-corrected chi connectivity index (χ2v) is 14.7. The average Bonchev–Trinajstić information content (AvgIpc) is 3.07. The van der Waals surface area contributed by atoms with E-state index in [1.807, 2.05) is 7.05 Å². The van der Waals surface area contributed by atoms with Gasteiger partial charge in [0, 0.05) is 50.3 Å². The molecule has 0 unspecified atom stereocenters. The van der Waals surface area contributed by atoms with Crippen molar-refractivity contribution in [2.75, 3.05) is 49.5 Å². The maximum Gasteiger partial charge on any atom is 0.349 e. The number of nitrogens with one attached hydrogen (secondary N) is 4. The van der Waals surface area contributed by atoms with E-state index in [0.29, 0.717) is 57.4 Å². The number of carbonyl (C=O) groups excluding carboxylic acids is 4. The van der Waals surface area contributed by atoms with Crippen molar-refractivity contribution in [3.8, 4) is 0 Å². The molecule has 0 radical (unpaired) electrons. The van der Waals surface area contributed by atoms with E-state index >= 15 is 13.2 Å². The van der Waals surface area contributed by atoms with Gasteiger partial charge in [0.1, 0.15) is 17.9 Å². The van der Waals surface area contributed by atoms with Crippen LogP contribution in [0.2, 0.25) is 0 Å². The summed E-state index contributed by atoms with van der Waals surface area (Å²) in [5, 5.41) is 7.36. The number of anilines is 2. The highest BCUT2D eigenvalue weighted by Gasteiger charge is 2.44. The molecule has 2 aromatic carbocycles. The Morgan fingerprint density at radius 1 is 0.960 bits per heavy atom. The van der Waals surface area contributed by atoms with Crippen molar-refractivity contribution >= 4 is 45.0 Å². The van der Waals surface area contributed by atoms with Crippen LogP contribution in [0.25, 0.3) is 0 Å². The van der Waals surface area contributed by atoms with E-state index in [2.05, 4.69) is 25.6 Å². The van der Waals surface area contributed by atoms with Crippen LogP contribution in [0.5, 0.6) is 0 Å². The van der Waals surface area contributed by atoms with Crippen molar-refractivity contribution in [3.05, 3.63) is 59.4 Å². The third kappa shape index (κ3) is 10.4. The maximum absolute atomic E-state index is 15.5. The monoisotopic (exact) mass is 722 g/mol. The summed E-state index contributed by atoms with van der Waals surface area (Å²) in [6.07, 6.45) is 4.27. The number of amides is 4. The number of likely N-dealkylation sites (N-methyl/N-ethyl adjacent to an activating group) is 1. The summed E-state index contributed by atoms with van der Waals surface area (Å²) >= 11 is 0. The van der Waals surface area contributed by atoms with Crippen LogP contribution in [0.1, 0.15) is 56.6 Å². The van der Waals surface area contributed by atoms with Gasteiger partial charge in [-0.15, -0.1) is 0 Å². The van der Waals surface area contributed by atoms with E-state index in [1.54, 1.807) is 11.8 Å². The minimum absolute atomic E-state index is 0.00119. The molecule has 0 bridgehead atoms. The Labute approximate surface area is 290 Å². The molecule has 1 saturated carbocycles. The molecule has 0 spiro atoms. The summed E-state index contributed by atoms with van der Waals surface area (Å²) in [4.78, 5) is 56.0. The molecular weight excluding hydrogens is 677 g/mol. The fraction of sp³-hybridized carbons (Fsp3) is 0.529. The van der Waals surface area contributed by atoms with Crippen LogP contribution in [-0.2, 0) is 41.5 Å². The molecule has 2 aromatic rings. The van der Waals surface area contributed by atoms with Crippen LogP contribution >= 0.6 is 0 Å². The first-order chi connectivity index (χ1) is 23.6. The van der Waals surface area contributed by atoms with E-state index in [9.17, 15) is 27.6 Å². The molecular formula is C34H45F3N6O6S. The van der Waals surface area contributed by atoms with Crippen molar-refractivity contribution < 1.29 is 40.8 Å². The third-order valence-corrected chi connectivity index (χ3v) is 9.61. The number of nitrogens with zero attached hydrogens (tertiary/aromatic N) is 2. The molecule has 4 amide bonds. The zero-order chi connectivity index (χ0) is 36.6. The van der Waals surface area contributed by atoms with Gasteiger partial charge in [-0.3, -0.25) is 23.9 Å². The van der Waals surface area contributed by atoms with Crippen LogP contribution in [-0.4, -0.2) is 93.4 Å². The first kappa shape index (κ1) is 38.6. The van der Waals surface area contributed by atoms with Crippen LogP contribution in [0.4, 0.5) is 24.5 Å². The lowest BCUT2D eigenvalue weighted by molar-refractivity contribution is -0.149. The first-order valence-electron chi connectivity index (χ1n) is 16.7. The number of carbonyl (C=O) groups is 4. The highest BCUT2D eigenvalue weighted by molar-refractivity contribution is 7.92. The predicted octanol–water partition coefficient (Wildman–Crippen LogP) is 3.20. The Morgan fingerprint density at radius 3 is 2.26 bits per heavy atom. The molecule has 0 aromatic heterocycles. The molecule has 1 aliphatic heterocycles. The highest BCUT2D eigenvalue weighted by Crippen LogP contribution is 2.33. The van der Waals surface area contributed by atoms with Crippen molar-refractivity contribution in [1.29, 1.82) is 0 Å². The molecule has 1 aliphatic carbocycles. The van der Waals surface area contributed by atoms with Gasteiger partial charge in [0.2, 0.25) is 27.7 Å². The summed E-state index contributed by atoms with van der Waals surface area (Å²) in [7, 11) is -1.83. The number of hydrogen-bond donors (Lipinski definition) is 4. The lowest BCUT2D eigenvalue weighted by Gasteiger charge is -2.34. The van der Waals surface area contributed by atoms with Crippen molar-refractivity contribution in [2.24, 2.45) is 5.92 Å². The molecule has 1 heterocycles. The Hall–Kier alpha value is -4.18. The molecule has 274 valence electrons.